The molecule has 1 heterocycles. The molecule has 72 valence electrons. The molecule has 1 aromatic rings. The summed E-state index contributed by atoms with van der Waals surface area (Å²) in [5, 5.41) is 0. The molecule has 0 spiro atoms. The first kappa shape index (κ1) is 10.3. The molecule has 0 aromatic carbocycles. The third-order valence-corrected chi connectivity index (χ3v) is 1.99. The lowest BCUT2D eigenvalue weighted by atomic mass is 10.3. The molecule has 0 aliphatic rings. The SMILES string of the molecule is COc1cnc(Br)c(C(F)(F)F)c1. The third kappa shape index (κ3) is 2.33. The van der Waals surface area contributed by atoms with Crippen molar-refractivity contribution in [2.24, 2.45) is 0 Å². The molecule has 0 bridgehead atoms. The van der Waals surface area contributed by atoms with Crippen molar-refractivity contribution < 1.29 is 17.9 Å². The van der Waals surface area contributed by atoms with Crippen LogP contribution >= 0.6 is 15.9 Å². The van der Waals surface area contributed by atoms with Crippen LogP contribution in [0.5, 0.6) is 5.75 Å². The van der Waals surface area contributed by atoms with E-state index in [0.29, 0.717) is 0 Å². The Morgan fingerprint density at radius 2 is 2.08 bits per heavy atom. The van der Waals surface area contributed by atoms with Crippen LogP contribution in [0.1, 0.15) is 5.56 Å². The van der Waals surface area contributed by atoms with Gasteiger partial charge in [-0.25, -0.2) is 4.98 Å². The van der Waals surface area contributed by atoms with Gasteiger partial charge < -0.3 is 4.74 Å². The first-order valence-corrected chi connectivity index (χ1v) is 4.01. The van der Waals surface area contributed by atoms with E-state index in [1.54, 1.807) is 0 Å². The number of aromatic nitrogens is 1. The number of pyridine rings is 1. The van der Waals surface area contributed by atoms with E-state index in [-0.39, 0.29) is 10.4 Å². The third-order valence-electron chi connectivity index (χ3n) is 1.36. The monoisotopic (exact) mass is 255 g/mol. The average molecular weight is 256 g/mol. The van der Waals surface area contributed by atoms with Crippen molar-refractivity contribution in [2.75, 3.05) is 7.11 Å². The maximum atomic E-state index is 12.2. The van der Waals surface area contributed by atoms with E-state index >= 15 is 0 Å². The Kier molecular flexibility index (Phi) is 2.80. The molecule has 13 heavy (non-hydrogen) atoms. The van der Waals surface area contributed by atoms with Crippen molar-refractivity contribution in [1.82, 2.24) is 4.98 Å². The normalized spacial score (nSPS) is 11.5. The first-order chi connectivity index (χ1) is 5.95. The van der Waals surface area contributed by atoms with Gasteiger partial charge in [0.2, 0.25) is 0 Å². The lowest BCUT2D eigenvalue weighted by Crippen LogP contribution is -2.07. The van der Waals surface area contributed by atoms with Gasteiger partial charge in [-0.2, -0.15) is 13.2 Å². The largest absolute Gasteiger partial charge is 0.495 e. The molecule has 0 atom stereocenters. The van der Waals surface area contributed by atoms with Crippen molar-refractivity contribution in [3.63, 3.8) is 0 Å². The van der Waals surface area contributed by atoms with Crippen LogP contribution in [-0.4, -0.2) is 12.1 Å². The summed E-state index contributed by atoms with van der Waals surface area (Å²) in [6.45, 7) is 0. The second-order valence-corrected chi connectivity index (χ2v) is 2.96. The smallest absolute Gasteiger partial charge is 0.419 e. The average Bonchev–Trinajstić information content (AvgIpc) is 2.03. The fourth-order valence-corrected chi connectivity index (χ4v) is 1.18. The van der Waals surface area contributed by atoms with E-state index in [1.807, 2.05) is 0 Å². The van der Waals surface area contributed by atoms with Crippen molar-refractivity contribution in [1.29, 1.82) is 0 Å². The van der Waals surface area contributed by atoms with Gasteiger partial charge in [0.15, 0.2) is 0 Å². The Balaban J connectivity index is 3.19. The van der Waals surface area contributed by atoms with Gasteiger partial charge in [-0.1, -0.05) is 0 Å². The Morgan fingerprint density at radius 1 is 1.46 bits per heavy atom. The molecule has 0 fully saturated rings. The summed E-state index contributed by atoms with van der Waals surface area (Å²) in [5.74, 6) is 0.0792. The van der Waals surface area contributed by atoms with E-state index in [0.717, 1.165) is 6.07 Å². The molecule has 6 heteroatoms. The summed E-state index contributed by atoms with van der Waals surface area (Å²) < 4.78 is 41.1. The van der Waals surface area contributed by atoms with Gasteiger partial charge in [0.1, 0.15) is 10.4 Å². The number of methoxy groups -OCH3 is 1. The lowest BCUT2D eigenvalue weighted by molar-refractivity contribution is -0.138. The highest BCUT2D eigenvalue weighted by Crippen LogP contribution is 2.35. The van der Waals surface area contributed by atoms with Crippen LogP contribution < -0.4 is 4.74 Å². The summed E-state index contributed by atoms with van der Waals surface area (Å²) in [6.07, 6.45) is -3.21. The Morgan fingerprint density at radius 3 is 2.54 bits per heavy atom. The lowest BCUT2D eigenvalue weighted by Gasteiger charge is -2.09. The Bertz CT molecular complexity index is 313. The van der Waals surface area contributed by atoms with E-state index in [1.165, 1.54) is 13.3 Å². The summed E-state index contributed by atoms with van der Waals surface area (Å²) >= 11 is 2.71. The zero-order valence-corrected chi connectivity index (χ0v) is 8.11. The van der Waals surface area contributed by atoms with Crippen LogP contribution in [0, 0.1) is 0 Å². The van der Waals surface area contributed by atoms with Crippen LogP contribution in [0.15, 0.2) is 16.9 Å². The molecule has 0 N–H and O–H groups in total. The highest BCUT2D eigenvalue weighted by atomic mass is 79.9. The molecule has 0 saturated carbocycles. The van der Waals surface area contributed by atoms with Crippen LogP contribution in [0.3, 0.4) is 0 Å². The van der Waals surface area contributed by atoms with Crippen molar-refractivity contribution in [3.05, 3.63) is 22.4 Å². The summed E-state index contributed by atoms with van der Waals surface area (Å²) in [5.41, 5.74) is -0.841. The highest BCUT2D eigenvalue weighted by Gasteiger charge is 2.34. The zero-order valence-electron chi connectivity index (χ0n) is 6.52. The van der Waals surface area contributed by atoms with Crippen LogP contribution in [0.4, 0.5) is 13.2 Å². The minimum absolute atomic E-state index is 0.0792. The molecule has 0 saturated heterocycles. The minimum Gasteiger partial charge on any atom is -0.495 e. The molecule has 0 radical (unpaired) electrons. The summed E-state index contributed by atoms with van der Waals surface area (Å²) in [7, 11) is 1.28. The van der Waals surface area contributed by atoms with Crippen LogP contribution in [0.25, 0.3) is 0 Å². The van der Waals surface area contributed by atoms with Gasteiger partial charge in [0.25, 0.3) is 0 Å². The number of halogens is 4. The number of hydrogen-bond donors (Lipinski definition) is 0. The number of alkyl halides is 3. The molecule has 0 unspecified atom stereocenters. The highest BCUT2D eigenvalue weighted by molar-refractivity contribution is 9.10. The van der Waals surface area contributed by atoms with Gasteiger partial charge in [-0.3, -0.25) is 0 Å². The van der Waals surface area contributed by atoms with Gasteiger partial charge in [-0.15, -0.1) is 0 Å². The summed E-state index contributed by atoms with van der Waals surface area (Å²) in [6, 6.07) is 0.886. The van der Waals surface area contributed by atoms with Crippen LogP contribution in [0.2, 0.25) is 0 Å². The molecular formula is C7H5BrF3NO. The van der Waals surface area contributed by atoms with E-state index in [2.05, 4.69) is 25.7 Å². The molecular weight excluding hydrogens is 251 g/mol. The topological polar surface area (TPSA) is 22.1 Å². The number of rotatable bonds is 1. The van der Waals surface area contributed by atoms with Gasteiger partial charge in [0, 0.05) is 0 Å². The number of hydrogen-bond acceptors (Lipinski definition) is 2. The second kappa shape index (κ2) is 3.53. The van der Waals surface area contributed by atoms with Crippen molar-refractivity contribution in [2.45, 2.75) is 6.18 Å². The Labute approximate surface area is 80.9 Å². The van der Waals surface area contributed by atoms with Crippen LogP contribution in [-0.2, 0) is 6.18 Å². The van der Waals surface area contributed by atoms with E-state index in [4.69, 9.17) is 0 Å². The second-order valence-electron chi connectivity index (χ2n) is 2.21. The van der Waals surface area contributed by atoms with E-state index in [9.17, 15) is 13.2 Å². The van der Waals surface area contributed by atoms with Gasteiger partial charge in [-0.05, 0) is 22.0 Å². The zero-order chi connectivity index (χ0) is 10.1. The minimum atomic E-state index is -4.42. The number of ether oxygens (including phenoxy) is 1. The quantitative estimate of drug-likeness (QED) is 0.721. The fraction of sp³-hybridized carbons (Fsp3) is 0.286. The maximum absolute atomic E-state index is 12.2. The van der Waals surface area contributed by atoms with Gasteiger partial charge in [0.05, 0.1) is 18.9 Å². The van der Waals surface area contributed by atoms with Crippen molar-refractivity contribution in [3.8, 4) is 5.75 Å². The molecule has 1 rings (SSSR count). The standard InChI is InChI=1S/C7H5BrF3NO/c1-13-4-2-5(7(9,10)11)6(8)12-3-4/h2-3H,1H3. The number of nitrogens with zero attached hydrogens (tertiary/aromatic N) is 1. The van der Waals surface area contributed by atoms with Crippen molar-refractivity contribution >= 4 is 15.9 Å². The predicted molar refractivity (Wildman–Crippen MR) is 43.5 cm³/mol. The predicted octanol–water partition coefficient (Wildman–Crippen LogP) is 2.87. The first-order valence-electron chi connectivity index (χ1n) is 3.22. The fourth-order valence-electron chi connectivity index (χ4n) is 0.739. The molecule has 0 amide bonds. The Hall–Kier alpha value is -0.780. The molecule has 1 aromatic heterocycles. The molecule has 0 aliphatic heterocycles. The summed E-state index contributed by atoms with van der Waals surface area (Å²) in [4.78, 5) is 3.49. The maximum Gasteiger partial charge on any atom is 0.419 e. The van der Waals surface area contributed by atoms with E-state index < -0.39 is 11.7 Å². The molecule has 0 aliphatic carbocycles. The molecule has 2 nitrogen and oxygen atoms in total. The van der Waals surface area contributed by atoms with Gasteiger partial charge >= 0.3 is 6.18 Å².